The first-order valence-corrected chi connectivity index (χ1v) is 4.71. The summed E-state index contributed by atoms with van der Waals surface area (Å²) in [5, 5.41) is 7.73. The molecule has 0 aliphatic carbocycles. The number of nitrogens with zero attached hydrogens (tertiary/aromatic N) is 3. The van der Waals surface area contributed by atoms with Gasteiger partial charge in [-0.2, -0.15) is 0 Å². The van der Waals surface area contributed by atoms with Crippen LogP contribution in [0.2, 0.25) is 0 Å². The van der Waals surface area contributed by atoms with Crippen molar-refractivity contribution in [1.82, 2.24) is 15.0 Å². The van der Waals surface area contributed by atoms with Gasteiger partial charge in [0.05, 0.1) is 12.2 Å². The van der Waals surface area contributed by atoms with E-state index in [1.807, 2.05) is 6.92 Å². The van der Waals surface area contributed by atoms with Gasteiger partial charge >= 0.3 is 0 Å². The largest absolute Gasteiger partial charge is 0.296 e. The summed E-state index contributed by atoms with van der Waals surface area (Å²) in [7, 11) is 0. The lowest BCUT2D eigenvalue weighted by Gasteiger charge is -2.04. The Morgan fingerprint density at radius 1 is 1.64 bits per heavy atom. The molecule has 1 aromatic rings. The summed E-state index contributed by atoms with van der Waals surface area (Å²) in [4.78, 5) is 10.7. The van der Waals surface area contributed by atoms with Crippen molar-refractivity contribution in [3.05, 3.63) is 23.5 Å². The third-order valence-corrected chi connectivity index (χ3v) is 1.89. The molecule has 0 atom stereocenters. The van der Waals surface area contributed by atoms with Gasteiger partial charge in [0.25, 0.3) is 0 Å². The smallest absolute Gasteiger partial charge is 0.172 e. The Labute approximate surface area is 83.6 Å². The SMILES string of the molecule is C=C(C)Cn1nnc(C=O)c1CCC. The fourth-order valence-electron chi connectivity index (χ4n) is 1.31. The second kappa shape index (κ2) is 4.69. The van der Waals surface area contributed by atoms with Gasteiger partial charge in [-0.05, 0) is 13.3 Å². The number of hydrogen-bond donors (Lipinski definition) is 0. The summed E-state index contributed by atoms with van der Waals surface area (Å²) in [6.07, 6.45) is 2.56. The summed E-state index contributed by atoms with van der Waals surface area (Å²) >= 11 is 0. The van der Waals surface area contributed by atoms with Crippen LogP contribution >= 0.6 is 0 Å². The Kier molecular flexibility index (Phi) is 3.56. The van der Waals surface area contributed by atoms with Gasteiger partial charge in [-0.3, -0.25) is 4.79 Å². The molecule has 0 saturated heterocycles. The van der Waals surface area contributed by atoms with Crippen molar-refractivity contribution in [2.24, 2.45) is 0 Å². The van der Waals surface area contributed by atoms with Crippen LogP contribution in [0.3, 0.4) is 0 Å². The number of aldehydes is 1. The molecule has 0 amide bonds. The van der Waals surface area contributed by atoms with Gasteiger partial charge in [0, 0.05) is 0 Å². The molecule has 0 N–H and O–H groups in total. The molecular formula is C10H15N3O. The summed E-state index contributed by atoms with van der Waals surface area (Å²) < 4.78 is 1.75. The lowest BCUT2D eigenvalue weighted by Crippen LogP contribution is -2.06. The molecule has 0 aliphatic rings. The number of carbonyl (C=O) groups is 1. The van der Waals surface area contributed by atoms with Crippen LogP contribution in [0.25, 0.3) is 0 Å². The Morgan fingerprint density at radius 3 is 2.86 bits per heavy atom. The maximum atomic E-state index is 10.7. The van der Waals surface area contributed by atoms with E-state index in [2.05, 4.69) is 23.8 Å². The van der Waals surface area contributed by atoms with E-state index in [1.165, 1.54) is 0 Å². The van der Waals surface area contributed by atoms with Crippen LogP contribution in [0, 0.1) is 0 Å². The van der Waals surface area contributed by atoms with Crippen molar-refractivity contribution in [2.45, 2.75) is 33.2 Å². The van der Waals surface area contributed by atoms with Crippen molar-refractivity contribution >= 4 is 6.29 Å². The molecule has 4 heteroatoms. The zero-order valence-corrected chi connectivity index (χ0v) is 8.66. The van der Waals surface area contributed by atoms with Crippen LogP contribution in [0.15, 0.2) is 12.2 Å². The van der Waals surface area contributed by atoms with Crippen molar-refractivity contribution in [3.8, 4) is 0 Å². The van der Waals surface area contributed by atoms with Crippen molar-refractivity contribution < 1.29 is 4.79 Å². The van der Waals surface area contributed by atoms with Gasteiger partial charge in [-0.15, -0.1) is 5.10 Å². The Balaban J connectivity index is 2.97. The van der Waals surface area contributed by atoms with E-state index >= 15 is 0 Å². The number of carbonyl (C=O) groups excluding carboxylic acids is 1. The fourth-order valence-corrected chi connectivity index (χ4v) is 1.31. The molecule has 1 heterocycles. The molecule has 1 rings (SSSR count). The first-order valence-electron chi connectivity index (χ1n) is 4.71. The van der Waals surface area contributed by atoms with Crippen LogP contribution in [-0.2, 0) is 13.0 Å². The molecule has 0 saturated carbocycles. The van der Waals surface area contributed by atoms with E-state index in [0.29, 0.717) is 12.2 Å². The maximum absolute atomic E-state index is 10.7. The highest BCUT2D eigenvalue weighted by molar-refractivity contribution is 5.73. The molecule has 0 unspecified atom stereocenters. The minimum absolute atomic E-state index is 0.452. The molecule has 0 spiro atoms. The third-order valence-electron chi connectivity index (χ3n) is 1.89. The number of hydrogen-bond acceptors (Lipinski definition) is 3. The van der Waals surface area contributed by atoms with Crippen LogP contribution in [-0.4, -0.2) is 21.3 Å². The van der Waals surface area contributed by atoms with E-state index in [0.717, 1.165) is 30.4 Å². The van der Waals surface area contributed by atoms with Gasteiger partial charge in [0.15, 0.2) is 6.29 Å². The standard InChI is InChI=1S/C10H15N3O/c1-4-5-10-9(7-14)11-12-13(10)6-8(2)3/h7H,2,4-6H2,1,3H3. The van der Waals surface area contributed by atoms with Crippen molar-refractivity contribution in [3.63, 3.8) is 0 Å². The molecular weight excluding hydrogens is 178 g/mol. The minimum atomic E-state index is 0.452. The Morgan fingerprint density at radius 2 is 2.36 bits per heavy atom. The zero-order valence-electron chi connectivity index (χ0n) is 8.66. The second-order valence-electron chi connectivity index (χ2n) is 3.40. The molecule has 0 bridgehead atoms. The monoisotopic (exact) mass is 193 g/mol. The van der Waals surface area contributed by atoms with E-state index in [4.69, 9.17) is 0 Å². The van der Waals surface area contributed by atoms with E-state index in [1.54, 1.807) is 4.68 Å². The molecule has 0 radical (unpaired) electrons. The van der Waals surface area contributed by atoms with Crippen LogP contribution in [0.4, 0.5) is 0 Å². The van der Waals surface area contributed by atoms with E-state index in [9.17, 15) is 4.79 Å². The van der Waals surface area contributed by atoms with Gasteiger partial charge in [-0.1, -0.05) is 30.7 Å². The molecule has 4 nitrogen and oxygen atoms in total. The molecule has 1 aromatic heterocycles. The molecule has 0 aliphatic heterocycles. The van der Waals surface area contributed by atoms with Crippen LogP contribution in [0.1, 0.15) is 36.5 Å². The third kappa shape index (κ3) is 2.28. The highest BCUT2D eigenvalue weighted by Crippen LogP contribution is 2.08. The Bertz CT molecular complexity index is 341. The topological polar surface area (TPSA) is 47.8 Å². The van der Waals surface area contributed by atoms with E-state index in [-0.39, 0.29) is 0 Å². The van der Waals surface area contributed by atoms with Crippen molar-refractivity contribution in [1.29, 1.82) is 0 Å². The predicted octanol–water partition coefficient (Wildman–Crippen LogP) is 1.62. The first kappa shape index (κ1) is 10.6. The average Bonchev–Trinajstić information content (AvgIpc) is 2.48. The molecule has 0 aromatic carbocycles. The molecule has 76 valence electrons. The maximum Gasteiger partial charge on any atom is 0.172 e. The fraction of sp³-hybridized carbons (Fsp3) is 0.500. The summed E-state index contributed by atoms with van der Waals surface area (Å²) in [6.45, 7) is 8.44. The van der Waals surface area contributed by atoms with Gasteiger partial charge in [0.1, 0.15) is 5.69 Å². The molecule has 14 heavy (non-hydrogen) atoms. The van der Waals surface area contributed by atoms with Crippen LogP contribution in [0.5, 0.6) is 0 Å². The van der Waals surface area contributed by atoms with Crippen LogP contribution < -0.4 is 0 Å². The zero-order chi connectivity index (χ0) is 10.6. The minimum Gasteiger partial charge on any atom is -0.296 e. The Hall–Kier alpha value is -1.45. The first-order chi connectivity index (χ1) is 6.69. The normalized spacial score (nSPS) is 10.1. The average molecular weight is 193 g/mol. The number of rotatable bonds is 5. The van der Waals surface area contributed by atoms with Gasteiger partial charge < -0.3 is 0 Å². The predicted molar refractivity (Wildman–Crippen MR) is 54.2 cm³/mol. The van der Waals surface area contributed by atoms with Gasteiger partial charge in [0.2, 0.25) is 0 Å². The summed E-state index contributed by atoms with van der Waals surface area (Å²) in [6, 6.07) is 0. The van der Waals surface area contributed by atoms with Gasteiger partial charge in [-0.25, -0.2) is 4.68 Å². The second-order valence-corrected chi connectivity index (χ2v) is 3.40. The summed E-state index contributed by atoms with van der Waals surface area (Å²) in [5.41, 5.74) is 2.36. The van der Waals surface area contributed by atoms with E-state index < -0.39 is 0 Å². The highest BCUT2D eigenvalue weighted by atomic mass is 16.1. The number of aromatic nitrogens is 3. The lowest BCUT2D eigenvalue weighted by molar-refractivity contribution is 0.111. The number of allylic oxidation sites excluding steroid dienone is 1. The summed E-state index contributed by atoms with van der Waals surface area (Å²) in [5.74, 6) is 0. The lowest BCUT2D eigenvalue weighted by atomic mass is 10.2. The molecule has 0 fully saturated rings. The van der Waals surface area contributed by atoms with Crippen molar-refractivity contribution in [2.75, 3.05) is 0 Å². The highest BCUT2D eigenvalue weighted by Gasteiger charge is 2.10. The quantitative estimate of drug-likeness (QED) is 0.527.